The number of hydrogen-bond donors (Lipinski definition) is 2. The predicted molar refractivity (Wildman–Crippen MR) is 76.6 cm³/mol. The lowest BCUT2D eigenvalue weighted by atomic mass is 9.92. The van der Waals surface area contributed by atoms with Crippen molar-refractivity contribution in [2.24, 2.45) is 11.7 Å². The summed E-state index contributed by atoms with van der Waals surface area (Å²) in [7, 11) is 4.33. The summed E-state index contributed by atoms with van der Waals surface area (Å²) in [5.41, 5.74) is 5.74. The van der Waals surface area contributed by atoms with Crippen molar-refractivity contribution in [2.75, 3.05) is 40.3 Å². The summed E-state index contributed by atoms with van der Waals surface area (Å²) in [4.78, 5) is 4.86. The van der Waals surface area contributed by atoms with E-state index in [-0.39, 0.29) is 12.1 Å². The molecule has 0 aliphatic carbocycles. The molecule has 0 aromatic heterocycles. The molecule has 1 heterocycles. The molecule has 0 aromatic carbocycles. The average molecular weight is 257 g/mol. The predicted octanol–water partition coefficient (Wildman–Crippen LogP) is 0.748. The number of aliphatic hydroxyl groups excluding tert-OH is 1. The Morgan fingerprint density at radius 2 is 2.06 bits per heavy atom. The molecule has 1 aliphatic rings. The second-order valence-electron chi connectivity index (χ2n) is 6.25. The van der Waals surface area contributed by atoms with Gasteiger partial charge in [0, 0.05) is 24.7 Å². The summed E-state index contributed by atoms with van der Waals surface area (Å²) in [6.45, 7) is 7.93. The highest BCUT2D eigenvalue weighted by atomic mass is 16.3. The van der Waals surface area contributed by atoms with Gasteiger partial charge in [0.2, 0.25) is 0 Å². The Morgan fingerprint density at radius 3 is 2.50 bits per heavy atom. The van der Waals surface area contributed by atoms with E-state index in [1.54, 1.807) is 0 Å². The molecule has 3 atom stereocenters. The van der Waals surface area contributed by atoms with Crippen molar-refractivity contribution in [3.8, 4) is 0 Å². The molecule has 0 bridgehead atoms. The van der Waals surface area contributed by atoms with Crippen LogP contribution in [0.5, 0.6) is 0 Å². The Hall–Kier alpha value is -0.160. The van der Waals surface area contributed by atoms with Crippen LogP contribution in [0.3, 0.4) is 0 Å². The van der Waals surface area contributed by atoms with Gasteiger partial charge < -0.3 is 20.6 Å². The first-order chi connectivity index (χ1) is 8.41. The summed E-state index contributed by atoms with van der Waals surface area (Å²) < 4.78 is 0. The molecule has 0 aromatic rings. The highest BCUT2D eigenvalue weighted by molar-refractivity contribution is 4.87. The van der Waals surface area contributed by atoms with E-state index in [1.807, 2.05) is 0 Å². The molecule has 1 fully saturated rings. The van der Waals surface area contributed by atoms with Gasteiger partial charge in [-0.1, -0.05) is 13.8 Å². The van der Waals surface area contributed by atoms with Crippen molar-refractivity contribution in [3.63, 3.8) is 0 Å². The summed E-state index contributed by atoms with van der Waals surface area (Å²) in [6, 6.07) is 0.677. The maximum Gasteiger partial charge on any atom is 0.0611 e. The fraction of sp³-hybridized carbons (Fsp3) is 1.00. The van der Waals surface area contributed by atoms with Crippen LogP contribution in [0.1, 0.15) is 33.1 Å². The van der Waals surface area contributed by atoms with E-state index in [0.29, 0.717) is 6.04 Å². The second-order valence-corrected chi connectivity index (χ2v) is 6.25. The van der Waals surface area contributed by atoms with E-state index in [0.717, 1.165) is 38.3 Å². The van der Waals surface area contributed by atoms with Crippen molar-refractivity contribution < 1.29 is 5.11 Å². The van der Waals surface area contributed by atoms with Crippen molar-refractivity contribution in [1.29, 1.82) is 0 Å². The van der Waals surface area contributed by atoms with Crippen LogP contribution in [0, 0.1) is 5.92 Å². The van der Waals surface area contributed by atoms with E-state index in [9.17, 15) is 5.11 Å². The molecule has 4 nitrogen and oxygen atoms in total. The van der Waals surface area contributed by atoms with Gasteiger partial charge in [-0.15, -0.1) is 0 Å². The van der Waals surface area contributed by atoms with Crippen LogP contribution >= 0.6 is 0 Å². The lowest BCUT2D eigenvalue weighted by Gasteiger charge is -2.27. The minimum atomic E-state index is -0.369. The molecule has 18 heavy (non-hydrogen) atoms. The molecule has 0 amide bonds. The van der Waals surface area contributed by atoms with Gasteiger partial charge in [0.1, 0.15) is 0 Å². The third-order valence-electron chi connectivity index (χ3n) is 4.48. The Labute approximate surface area is 112 Å². The molecule has 1 saturated heterocycles. The van der Waals surface area contributed by atoms with Gasteiger partial charge in [-0.2, -0.15) is 0 Å². The molecule has 3 unspecified atom stereocenters. The SMILES string of the molecule is CCC(N)(CO)CCCN1CC(C)C(N(C)C)C1. The maximum absolute atomic E-state index is 9.29. The smallest absolute Gasteiger partial charge is 0.0611 e. The van der Waals surface area contributed by atoms with Gasteiger partial charge in [0.05, 0.1) is 6.61 Å². The summed E-state index contributed by atoms with van der Waals surface area (Å²) in [5.74, 6) is 0.742. The van der Waals surface area contributed by atoms with E-state index in [1.165, 1.54) is 6.54 Å². The fourth-order valence-corrected chi connectivity index (χ4v) is 2.93. The Morgan fingerprint density at radius 1 is 1.39 bits per heavy atom. The number of nitrogens with zero attached hydrogens (tertiary/aromatic N) is 2. The maximum atomic E-state index is 9.29. The molecule has 4 heteroatoms. The first-order valence-corrected chi connectivity index (χ1v) is 7.20. The van der Waals surface area contributed by atoms with Gasteiger partial charge in [-0.05, 0) is 45.8 Å². The molecular weight excluding hydrogens is 226 g/mol. The first kappa shape index (κ1) is 15.9. The second kappa shape index (κ2) is 6.85. The number of likely N-dealkylation sites (N-methyl/N-ethyl adjacent to an activating group) is 1. The number of nitrogens with two attached hydrogens (primary N) is 1. The normalized spacial score (nSPS) is 28.8. The van der Waals surface area contributed by atoms with Crippen LogP contribution in [0.25, 0.3) is 0 Å². The average Bonchev–Trinajstić information content (AvgIpc) is 2.70. The zero-order valence-corrected chi connectivity index (χ0v) is 12.5. The minimum Gasteiger partial charge on any atom is -0.394 e. The van der Waals surface area contributed by atoms with Gasteiger partial charge in [-0.25, -0.2) is 0 Å². The fourth-order valence-electron chi connectivity index (χ4n) is 2.93. The molecule has 3 N–H and O–H groups in total. The third kappa shape index (κ3) is 4.19. The number of likely N-dealkylation sites (tertiary alicyclic amines) is 1. The molecule has 0 radical (unpaired) electrons. The Balaban J connectivity index is 2.29. The van der Waals surface area contributed by atoms with Crippen LogP contribution in [-0.4, -0.2) is 66.8 Å². The highest BCUT2D eigenvalue weighted by Gasteiger charge is 2.31. The van der Waals surface area contributed by atoms with E-state index >= 15 is 0 Å². The first-order valence-electron chi connectivity index (χ1n) is 7.20. The molecule has 1 aliphatic heterocycles. The third-order valence-corrected chi connectivity index (χ3v) is 4.48. The van der Waals surface area contributed by atoms with Crippen LogP contribution < -0.4 is 5.73 Å². The van der Waals surface area contributed by atoms with Crippen LogP contribution in [-0.2, 0) is 0 Å². The van der Waals surface area contributed by atoms with Crippen molar-refractivity contribution in [3.05, 3.63) is 0 Å². The molecule has 0 spiro atoms. The van der Waals surface area contributed by atoms with Crippen molar-refractivity contribution in [1.82, 2.24) is 9.80 Å². The molecule has 1 rings (SSSR count). The van der Waals surface area contributed by atoms with E-state index in [2.05, 4.69) is 37.7 Å². The zero-order valence-electron chi connectivity index (χ0n) is 12.5. The van der Waals surface area contributed by atoms with Crippen molar-refractivity contribution >= 4 is 0 Å². The lowest BCUT2D eigenvalue weighted by Crippen LogP contribution is -2.43. The number of rotatable bonds is 7. The van der Waals surface area contributed by atoms with Gasteiger partial charge in [-0.3, -0.25) is 0 Å². The summed E-state index contributed by atoms with van der Waals surface area (Å²) in [6.07, 6.45) is 2.84. The minimum absolute atomic E-state index is 0.0974. The summed E-state index contributed by atoms with van der Waals surface area (Å²) >= 11 is 0. The van der Waals surface area contributed by atoms with Gasteiger partial charge in [0.25, 0.3) is 0 Å². The van der Waals surface area contributed by atoms with E-state index < -0.39 is 0 Å². The van der Waals surface area contributed by atoms with Crippen LogP contribution in [0.2, 0.25) is 0 Å². The lowest BCUT2D eigenvalue weighted by molar-refractivity contribution is 0.173. The molecular formula is C14H31N3O. The Kier molecular flexibility index (Phi) is 6.05. The van der Waals surface area contributed by atoms with Crippen molar-refractivity contribution in [2.45, 2.75) is 44.7 Å². The topological polar surface area (TPSA) is 52.7 Å². The molecule has 108 valence electrons. The van der Waals surface area contributed by atoms with Gasteiger partial charge >= 0.3 is 0 Å². The highest BCUT2D eigenvalue weighted by Crippen LogP contribution is 2.21. The largest absolute Gasteiger partial charge is 0.394 e. The molecule has 0 saturated carbocycles. The quantitative estimate of drug-likeness (QED) is 0.707. The Bertz CT molecular complexity index is 241. The van der Waals surface area contributed by atoms with Gasteiger partial charge in [0.15, 0.2) is 0 Å². The monoisotopic (exact) mass is 257 g/mol. The number of hydrogen-bond acceptors (Lipinski definition) is 4. The zero-order chi connectivity index (χ0) is 13.8. The van der Waals surface area contributed by atoms with Crippen LogP contribution in [0.4, 0.5) is 0 Å². The summed E-state index contributed by atoms with van der Waals surface area (Å²) in [5, 5.41) is 9.29. The number of aliphatic hydroxyl groups is 1. The standard InChI is InChI=1S/C14H31N3O/c1-5-14(15,11-18)7-6-8-17-9-12(2)13(10-17)16(3)4/h12-13,18H,5-11,15H2,1-4H3. The van der Waals surface area contributed by atoms with Crippen LogP contribution in [0.15, 0.2) is 0 Å². The van der Waals surface area contributed by atoms with E-state index in [4.69, 9.17) is 5.73 Å².